The van der Waals surface area contributed by atoms with Crippen LogP contribution in [0.5, 0.6) is 0 Å². The van der Waals surface area contributed by atoms with E-state index < -0.39 is 24.3 Å². The van der Waals surface area contributed by atoms with Crippen molar-refractivity contribution < 1.29 is 39.2 Å². The Morgan fingerprint density at radius 2 is 1.12 bits per heavy atom. The Morgan fingerprint density at radius 3 is 1.36 bits per heavy atom. The van der Waals surface area contributed by atoms with Crippen LogP contribution in [0.25, 0.3) is 0 Å². The molecular formula is C15H26N2O8. The molecule has 2 aliphatic heterocycles. The lowest BCUT2D eigenvalue weighted by molar-refractivity contribution is -0.147. The molecule has 0 spiro atoms. The van der Waals surface area contributed by atoms with Gasteiger partial charge in [0.1, 0.15) is 6.42 Å². The normalized spacial score (nSPS) is 19.1. The van der Waals surface area contributed by atoms with Crippen molar-refractivity contribution >= 4 is 17.9 Å². The lowest BCUT2D eigenvalue weighted by Crippen LogP contribution is -2.46. The molecule has 0 bridgehead atoms. The number of ether oxygens (including phenoxy) is 2. The number of carboxylic acid groups (broad SMARTS) is 3. The molecule has 2 saturated heterocycles. The molecule has 2 fully saturated rings. The Morgan fingerprint density at radius 1 is 0.760 bits per heavy atom. The van der Waals surface area contributed by atoms with Crippen molar-refractivity contribution in [2.24, 2.45) is 5.92 Å². The Bertz CT molecular complexity index is 401. The average Bonchev–Trinajstić information content (AvgIpc) is 2.55. The molecule has 0 aromatic heterocycles. The third-order valence-corrected chi connectivity index (χ3v) is 3.82. The minimum absolute atomic E-state index is 0.318. The maximum Gasteiger partial charge on any atom is 0.314 e. The minimum Gasteiger partial charge on any atom is -0.481 e. The zero-order valence-electron chi connectivity index (χ0n) is 14.1. The largest absolute Gasteiger partial charge is 0.481 e. The van der Waals surface area contributed by atoms with Gasteiger partial charge in [-0.1, -0.05) is 0 Å². The summed E-state index contributed by atoms with van der Waals surface area (Å²) in [6.07, 6.45) is -0.806. The monoisotopic (exact) mass is 362 g/mol. The number of rotatable bonds is 7. The minimum atomic E-state index is -1.31. The van der Waals surface area contributed by atoms with Crippen molar-refractivity contribution in [2.75, 3.05) is 65.7 Å². The van der Waals surface area contributed by atoms with E-state index in [1.54, 1.807) is 0 Å². The fourth-order valence-corrected chi connectivity index (χ4v) is 2.53. The van der Waals surface area contributed by atoms with Crippen molar-refractivity contribution in [3.05, 3.63) is 0 Å². The first kappa shape index (κ1) is 21.3. The molecule has 0 aromatic rings. The quantitative estimate of drug-likeness (QED) is 0.478. The predicted octanol–water partition coefficient (Wildman–Crippen LogP) is -1.10. The number of hydrogen-bond acceptors (Lipinski definition) is 7. The van der Waals surface area contributed by atoms with Gasteiger partial charge in [0.15, 0.2) is 0 Å². The van der Waals surface area contributed by atoms with E-state index >= 15 is 0 Å². The van der Waals surface area contributed by atoms with Gasteiger partial charge >= 0.3 is 17.9 Å². The Hall–Kier alpha value is -1.75. The van der Waals surface area contributed by atoms with Gasteiger partial charge in [0.05, 0.1) is 32.3 Å². The van der Waals surface area contributed by atoms with Gasteiger partial charge < -0.3 is 24.8 Å². The van der Waals surface area contributed by atoms with Crippen LogP contribution < -0.4 is 0 Å². The zero-order chi connectivity index (χ0) is 18.7. The summed E-state index contributed by atoms with van der Waals surface area (Å²) in [5.41, 5.74) is 0. The van der Waals surface area contributed by atoms with Crippen molar-refractivity contribution in [2.45, 2.75) is 6.42 Å². The Balaban J connectivity index is 0.000000381. The second-order valence-electron chi connectivity index (χ2n) is 5.83. The summed E-state index contributed by atoms with van der Waals surface area (Å²) in [6.45, 7) is 7.45. The van der Waals surface area contributed by atoms with E-state index in [9.17, 15) is 19.5 Å². The van der Waals surface area contributed by atoms with Gasteiger partial charge in [-0.3, -0.25) is 24.2 Å². The fourth-order valence-electron chi connectivity index (χ4n) is 2.53. The third-order valence-electron chi connectivity index (χ3n) is 3.82. The summed E-state index contributed by atoms with van der Waals surface area (Å²) in [5.74, 6) is -3.64. The van der Waals surface area contributed by atoms with Crippen LogP contribution in [0.15, 0.2) is 0 Å². The number of carboxylic acids is 3. The number of carbonyl (C=O) groups is 3. The second-order valence-corrected chi connectivity index (χ2v) is 5.83. The molecule has 0 aliphatic carbocycles. The van der Waals surface area contributed by atoms with Crippen LogP contribution in [0.2, 0.25) is 0 Å². The summed E-state index contributed by atoms with van der Waals surface area (Å²) in [7, 11) is 0. The lowest BCUT2D eigenvalue weighted by Gasteiger charge is -2.33. The van der Waals surface area contributed by atoms with Gasteiger partial charge in [0.2, 0.25) is 0 Å². The molecule has 0 atom stereocenters. The highest BCUT2D eigenvalue weighted by Gasteiger charge is 2.25. The molecule has 144 valence electrons. The first-order chi connectivity index (χ1) is 11.9. The molecule has 2 aliphatic rings. The maximum atomic E-state index is 11.3. The van der Waals surface area contributed by atoms with E-state index in [4.69, 9.17) is 19.7 Å². The van der Waals surface area contributed by atoms with Gasteiger partial charge in [-0.25, -0.2) is 0 Å². The van der Waals surface area contributed by atoms with E-state index in [0.29, 0.717) is 39.5 Å². The van der Waals surface area contributed by atoms with Crippen molar-refractivity contribution in [3.63, 3.8) is 0 Å². The second kappa shape index (κ2) is 11.7. The number of hydrogen-bond donors (Lipinski definition) is 3. The molecule has 2 rings (SSSR count). The first-order valence-corrected chi connectivity index (χ1v) is 8.15. The Kier molecular flexibility index (Phi) is 10.0. The van der Waals surface area contributed by atoms with Crippen LogP contribution in [0.1, 0.15) is 6.42 Å². The molecule has 10 nitrogen and oxygen atoms in total. The van der Waals surface area contributed by atoms with E-state index in [-0.39, 0.29) is 5.92 Å². The summed E-state index contributed by atoms with van der Waals surface area (Å²) >= 11 is 0. The van der Waals surface area contributed by atoms with E-state index in [1.807, 2.05) is 0 Å². The van der Waals surface area contributed by atoms with Gasteiger partial charge in [-0.15, -0.1) is 0 Å². The zero-order valence-corrected chi connectivity index (χ0v) is 14.1. The molecule has 0 aromatic carbocycles. The highest BCUT2D eigenvalue weighted by atomic mass is 16.5. The summed E-state index contributed by atoms with van der Waals surface area (Å²) in [4.78, 5) is 34.6. The predicted molar refractivity (Wildman–Crippen MR) is 85.5 cm³/mol. The molecule has 25 heavy (non-hydrogen) atoms. The van der Waals surface area contributed by atoms with Crippen LogP contribution in [-0.4, -0.2) is 109 Å². The van der Waals surface area contributed by atoms with Crippen molar-refractivity contribution in [1.29, 1.82) is 0 Å². The summed E-state index contributed by atoms with van der Waals surface area (Å²) < 4.78 is 10.6. The molecular weight excluding hydrogens is 336 g/mol. The van der Waals surface area contributed by atoms with Gasteiger partial charge in [0.25, 0.3) is 0 Å². The third kappa shape index (κ3) is 9.97. The van der Waals surface area contributed by atoms with Crippen LogP contribution in [0.3, 0.4) is 0 Å². The highest BCUT2D eigenvalue weighted by Crippen LogP contribution is 2.08. The Labute approximate surface area is 145 Å². The van der Waals surface area contributed by atoms with E-state index in [1.165, 1.54) is 0 Å². The smallest absolute Gasteiger partial charge is 0.314 e. The van der Waals surface area contributed by atoms with Crippen molar-refractivity contribution in [1.82, 2.24) is 9.80 Å². The molecule has 0 amide bonds. The van der Waals surface area contributed by atoms with E-state index in [0.717, 1.165) is 26.2 Å². The molecule has 10 heteroatoms. The first-order valence-electron chi connectivity index (χ1n) is 8.15. The van der Waals surface area contributed by atoms with Crippen molar-refractivity contribution in [3.8, 4) is 0 Å². The van der Waals surface area contributed by atoms with Gasteiger partial charge in [-0.05, 0) is 0 Å². The highest BCUT2D eigenvalue weighted by molar-refractivity contribution is 5.88. The van der Waals surface area contributed by atoms with Crippen LogP contribution in [-0.2, 0) is 23.9 Å². The maximum absolute atomic E-state index is 11.3. The van der Waals surface area contributed by atoms with E-state index in [2.05, 4.69) is 9.80 Å². The topological polar surface area (TPSA) is 137 Å². The molecule has 0 saturated carbocycles. The standard InChI is InChI=1S/C12H22N2O4.C3H4O4/c15-12(16)11(9-13-1-5-17-6-2-13)10-14-3-7-18-8-4-14;4-2(5)1-3(6)7/h11H,1-10H2,(H,15,16);1H2,(H,4,5)(H,6,7). The number of aliphatic carboxylic acids is 3. The number of morpholine rings is 2. The van der Waals surface area contributed by atoms with Crippen LogP contribution in [0, 0.1) is 5.92 Å². The average molecular weight is 362 g/mol. The molecule has 2 heterocycles. The van der Waals surface area contributed by atoms with Gasteiger partial charge in [-0.2, -0.15) is 0 Å². The van der Waals surface area contributed by atoms with Crippen LogP contribution >= 0.6 is 0 Å². The molecule has 0 radical (unpaired) electrons. The summed E-state index contributed by atoms with van der Waals surface area (Å²) in [5, 5.41) is 24.7. The molecule has 0 unspecified atom stereocenters. The lowest BCUT2D eigenvalue weighted by atomic mass is 10.1. The SMILES string of the molecule is O=C(O)C(CN1CCOCC1)CN1CCOCC1.O=C(O)CC(=O)O. The summed E-state index contributed by atoms with van der Waals surface area (Å²) in [6, 6.07) is 0. The van der Waals surface area contributed by atoms with Crippen LogP contribution in [0.4, 0.5) is 0 Å². The fraction of sp³-hybridized carbons (Fsp3) is 0.800. The number of nitrogens with zero attached hydrogens (tertiary/aromatic N) is 2. The molecule has 3 N–H and O–H groups in total. The van der Waals surface area contributed by atoms with Gasteiger partial charge in [0, 0.05) is 39.3 Å².